The molecule has 2 aromatic heterocycles. The van der Waals surface area contributed by atoms with E-state index >= 15 is 0 Å². The van der Waals surface area contributed by atoms with Crippen LogP contribution in [-0.2, 0) is 23.2 Å². The molecule has 3 heterocycles. The number of benzene rings is 1. The van der Waals surface area contributed by atoms with E-state index < -0.39 is 39.7 Å². The molecule has 0 radical (unpaired) electrons. The standard InChI is InChI=1S/C20H19F4N5O2S/c1-28-11-19(26-12-28)32(30,31)29-9-16(13-2-4-14(21)5-3-13)17(10-29)27-15-6-7-25-18(8-15)20(22,23)24/h2-8,11-12,16-17H,9-10H2,1H3,(H,25,27)/t16-,17+/m0/s1. The minimum atomic E-state index is -4.61. The van der Waals surface area contributed by atoms with Gasteiger partial charge in [-0.3, -0.25) is 4.98 Å². The number of imidazole rings is 1. The van der Waals surface area contributed by atoms with Crippen molar-refractivity contribution in [2.75, 3.05) is 18.4 Å². The molecule has 170 valence electrons. The minimum Gasteiger partial charge on any atom is -0.380 e. The summed E-state index contributed by atoms with van der Waals surface area (Å²) in [6.07, 6.45) is -0.833. The van der Waals surface area contributed by atoms with E-state index in [1.165, 1.54) is 39.6 Å². The van der Waals surface area contributed by atoms with Gasteiger partial charge in [-0.15, -0.1) is 0 Å². The molecule has 0 bridgehead atoms. The molecular formula is C20H19F4N5O2S. The van der Waals surface area contributed by atoms with Crippen LogP contribution in [0.3, 0.4) is 0 Å². The van der Waals surface area contributed by atoms with Crippen molar-refractivity contribution < 1.29 is 26.0 Å². The third kappa shape index (κ3) is 4.46. The monoisotopic (exact) mass is 469 g/mol. The second-order valence-electron chi connectivity index (χ2n) is 7.54. The van der Waals surface area contributed by atoms with Crippen molar-refractivity contribution >= 4 is 15.7 Å². The number of aryl methyl sites for hydroxylation is 1. The van der Waals surface area contributed by atoms with Gasteiger partial charge in [0.05, 0.1) is 6.33 Å². The molecule has 7 nitrogen and oxygen atoms in total. The summed E-state index contributed by atoms with van der Waals surface area (Å²) in [6, 6.07) is 7.29. The topological polar surface area (TPSA) is 80.1 Å². The van der Waals surface area contributed by atoms with Crippen molar-refractivity contribution in [1.29, 1.82) is 0 Å². The maximum absolute atomic E-state index is 13.4. The van der Waals surface area contributed by atoms with Crippen molar-refractivity contribution in [3.8, 4) is 0 Å². The van der Waals surface area contributed by atoms with Crippen LogP contribution < -0.4 is 5.32 Å². The van der Waals surface area contributed by atoms with Crippen LogP contribution in [0.2, 0.25) is 0 Å². The van der Waals surface area contributed by atoms with Crippen molar-refractivity contribution in [1.82, 2.24) is 18.8 Å². The molecule has 1 aliphatic rings. The Bertz CT molecular complexity index is 1210. The quantitative estimate of drug-likeness (QED) is 0.581. The average molecular weight is 469 g/mol. The second-order valence-corrected chi connectivity index (χ2v) is 9.42. The number of alkyl halides is 3. The van der Waals surface area contributed by atoms with Crippen LogP contribution >= 0.6 is 0 Å². The summed E-state index contributed by atoms with van der Waals surface area (Å²) in [5.74, 6) is -0.880. The molecule has 0 unspecified atom stereocenters. The molecule has 1 aromatic carbocycles. The number of aromatic nitrogens is 3. The molecule has 2 atom stereocenters. The van der Waals surface area contributed by atoms with E-state index in [0.29, 0.717) is 5.56 Å². The van der Waals surface area contributed by atoms with E-state index in [-0.39, 0.29) is 23.8 Å². The Labute approximate surface area is 181 Å². The predicted molar refractivity (Wildman–Crippen MR) is 108 cm³/mol. The lowest BCUT2D eigenvalue weighted by atomic mass is 9.94. The summed E-state index contributed by atoms with van der Waals surface area (Å²) in [4.78, 5) is 7.26. The number of hydrogen-bond donors (Lipinski definition) is 1. The number of hydrogen-bond acceptors (Lipinski definition) is 5. The zero-order valence-electron chi connectivity index (χ0n) is 16.8. The summed E-state index contributed by atoms with van der Waals surface area (Å²) in [7, 11) is -2.29. The molecule has 4 rings (SSSR count). The van der Waals surface area contributed by atoms with Crippen LogP contribution in [0.1, 0.15) is 17.2 Å². The fraction of sp³-hybridized carbons (Fsp3) is 0.300. The molecule has 3 aromatic rings. The first-order chi connectivity index (χ1) is 15.0. The average Bonchev–Trinajstić information content (AvgIpc) is 3.36. The van der Waals surface area contributed by atoms with Gasteiger partial charge < -0.3 is 9.88 Å². The lowest BCUT2D eigenvalue weighted by molar-refractivity contribution is -0.141. The third-order valence-corrected chi connectivity index (χ3v) is 6.99. The van der Waals surface area contributed by atoms with Crippen LogP contribution in [0, 0.1) is 5.82 Å². The van der Waals surface area contributed by atoms with Gasteiger partial charge in [0.15, 0.2) is 5.03 Å². The smallest absolute Gasteiger partial charge is 0.380 e. The van der Waals surface area contributed by atoms with Crippen molar-refractivity contribution in [3.63, 3.8) is 0 Å². The van der Waals surface area contributed by atoms with E-state index in [4.69, 9.17) is 0 Å². The summed E-state index contributed by atoms with van der Waals surface area (Å²) in [5, 5.41) is 2.89. The fourth-order valence-electron chi connectivity index (χ4n) is 3.70. The summed E-state index contributed by atoms with van der Waals surface area (Å²) in [6.45, 7) is 0.0457. The molecule has 0 aliphatic carbocycles. The highest BCUT2D eigenvalue weighted by molar-refractivity contribution is 7.89. The zero-order chi connectivity index (χ0) is 23.1. The maximum Gasteiger partial charge on any atom is 0.433 e. The second kappa shape index (κ2) is 8.17. The van der Waals surface area contributed by atoms with E-state index in [2.05, 4.69) is 15.3 Å². The number of nitrogens with one attached hydrogen (secondary N) is 1. The highest BCUT2D eigenvalue weighted by Crippen LogP contribution is 2.34. The molecule has 1 fully saturated rings. The van der Waals surface area contributed by atoms with Gasteiger partial charge in [0.25, 0.3) is 10.0 Å². The third-order valence-electron chi connectivity index (χ3n) is 5.27. The Morgan fingerprint density at radius 2 is 1.81 bits per heavy atom. The lowest BCUT2D eigenvalue weighted by Crippen LogP contribution is -2.32. The van der Waals surface area contributed by atoms with Gasteiger partial charge in [-0.2, -0.15) is 17.5 Å². The van der Waals surface area contributed by atoms with Gasteiger partial charge in [0.1, 0.15) is 11.5 Å². The molecule has 0 spiro atoms. The Hall–Kier alpha value is -2.99. The Balaban J connectivity index is 1.66. The Kier molecular flexibility index (Phi) is 5.67. The van der Waals surface area contributed by atoms with Gasteiger partial charge in [-0.25, -0.2) is 17.8 Å². The van der Waals surface area contributed by atoms with Gasteiger partial charge in [0.2, 0.25) is 0 Å². The number of pyridine rings is 1. The fourth-order valence-corrected chi connectivity index (χ4v) is 5.16. The zero-order valence-corrected chi connectivity index (χ0v) is 17.6. The van der Waals surface area contributed by atoms with Gasteiger partial charge >= 0.3 is 6.18 Å². The van der Waals surface area contributed by atoms with Crippen molar-refractivity contribution in [3.05, 3.63) is 72.2 Å². The van der Waals surface area contributed by atoms with Gasteiger partial charge in [0, 0.05) is 50.2 Å². The largest absolute Gasteiger partial charge is 0.433 e. The first-order valence-electron chi connectivity index (χ1n) is 9.57. The molecular weight excluding hydrogens is 450 g/mol. The van der Waals surface area contributed by atoms with Crippen molar-refractivity contribution in [2.24, 2.45) is 7.05 Å². The minimum absolute atomic E-state index is 0.00930. The molecule has 1 saturated heterocycles. The summed E-state index contributed by atoms with van der Waals surface area (Å²) >= 11 is 0. The van der Waals surface area contributed by atoms with Crippen LogP contribution in [-0.4, -0.2) is 46.4 Å². The number of sulfonamides is 1. The molecule has 12 heteroatoms. The van der Waals surface area contributed by atoms with Crippen molar-refractivity contribution in [2.45, 2.75) is 23.2 Å². The number of halogens is 4. The van der Waals surface area contributed by atoms with Crippen LogP contribution in [0.25, 0.3) is 0 Å². The first kappa shape index (κ1) is 22.2. The molecule has 32 heavy (non-hydrogen) atoms. The lowest BCUT2D eigenvalue weighted by Gasteiger charge is -2.21. The van der Waals surface area contributed by atoms with Crippen LogP contribution in [0.15, 0.2) is 60.1 Å². The van der Waals surface area contributed by atoms with E-state index in [1.54, 1.807) is 19.2 Å². The van der Waals surface area contributed by atoms with E-state index in [1.807, 2.05) is 0 Å². The molecule has 1 N–H and O–H groups in total. The van der Waals surface area contributed by atoms with Gasteiger partial charge in [-0.05, 0) is 29.8 Å². The SMILES string of the molecule is Cn1cnc(S(=O)(=O)N2C[C@@H](Nc3ccnc(C(F)(F)F)c3)[C@H](c3ccc(F)cc3)C2)c1. The number of anilines is 1. The highest BCUT2D eigenvalue weighted by atomic mass is 32.2. The normalized spacial score (nSPS) is 19.9. The molecule has 1 aliphatic heterocycles. The van der Waals surface area contributed by atoms with Crippen LogP contribution in [0.5, 0.6) is 0 Å². The van der Waals surface area contributed by atoms with Crippen LogP contribution in [0.4, 0.5) is 23.2 Å². The summed E-state index contributed by atoms with van der Waals surface area (Å²) < 4.78 is 81.4. The summed E-state index contributed by atoms with van der Waals surface area (Å²) in [5.41, 5.74) is -0.244. The number of rotatable bonds is 5. The Morgan fingerprint density at radius 1 is 1.09 bits per heavy atom. The van der Waals surface area contributed by atoms with E-state index in [9.17, 15) is 26.0 Å². The maximum atomic E-state index is 13.4. The van der Waals surface area contributed by atoms with E-state index in [0.717, 1.165) is 12.3 Å². The molecule has 0 amide bonds. The predicted octanol–water partition coefficient (Wildman–Crippen LogP) is 3.24. The number of nitrogens with zero attached hydrogens (tertiary/aromatic N) is 4. The van der Waals surface area contributed by atoms with Gasteiger partial charge in [-0.1, -0.05) is 12.1 Å². The molecule has 0 saturated carbocycles. The highest BCUT2D eigenvalue weighted by Gasteiger charge is 2.41. The first-order valence-corrected chi connectivity index (χ1v) is 11.0. The Morgan fingerprint density at radius 3 is 2.44 bits per heavy atom.